The van der Waals surface area contributed by atoms with Crippen molar-refractivity contribution in [2.75, 3.05) is 19.6 Å². The fraction of sp³-hybridized carbons (Fsp3) is 0.529. The van der Waals surface area contributed by atoms with Gasteiger partial charge in [0.1, 0.15) is 5.82 Å². The van der Waals surface area contributed by atoms with Gasteiger partial charge in [0.15, 0.2) is 5.82 Å². The van der Waals surface area contributed by atoms with Crippen LogP contribution in [0.25, 0.3) is 0 Å². The second-order valence-corrected chi connectivity index (χ2v) is 6.01. The summed E-state index contributed by atoms with van der Waals surface area (Å²) in [6, 6.07) is 10.8. The van der Waals surface area contributed by atoms with E-state index >= 15 is 0 Å². The maximum atomic E-state index is 4.50. The van der Waals surface area contributed by atoms with Crippen LogP contribution >= 0.6 is 0 Å². The zero-order valence-electron chi connectivity index (χ0n) is 12.8. The van der Waals surface area contributed by atoms with Crippen molar-refractivity contribution in [2.45, 2.75) is 38.5 Å². The van der Waals surface area contributed by atoms with Gasteiger partial charge in [-0.1, -0.05) is 30.3 Å². The fourth-order valence-electron chi connectivity index (χ4n) is 3.16. The van der Waals surface area contributed by atoms with Crippen molar-refractivity contribution in [3.63, 3.8) is 0 Å². The van der Waals surface area contributed by atoms with Crippen molar-refractivity contribution >= 4 is 0 Å². The second kappa shape index (κ2) is 6.85. The minimum atomic E-state index is 0.500. The van der Waals surface area contributed by atoms with Crippen molar-refractivity contribution in [1.29, 1.82) is 0 Å². The molecule has 1 N–H and O–H groups in total. The number of hydrogen-bond acceptors (Lipinski definition) is 3. The van der Waals surface area contributed by atoms with Crippen LogP contribution in [0.1, 0.15) is 42.4 Å². The van der Waals surface area contributed by atoms with Crippen molar-refractivity contribution in [2.24, 2.45) is 0 Å². The van der Waals surface area contributed by atoms with E-state index in [1.807, 2.05) is 6.92 Å². The van der Waals surface area contributed by atoms with Gasteiger partial charge in [0.2, 0.25) is 0 Å². The Morgan fingerprint density at radius 3 is 2.90 bits per heavy atom. The van der Waals surface area contributed by atoms with Gasteiger partial charge >= 0.3 is 0 Å². The van der Waals surface area contributed by atoms with Crippen LogP contribution in [-0.2, 0) is 6.42 Å². The fourth-order valence-corrected chi connectivity index (χ4v) is 3.16. The lowest BCUT2D eigenvalue weighted by molar-refractivity contribution is 0.202. The molecule has 0 spiro atoms. The van der Waals surface area contributed by atoms with E-state index < -0.39 is 0 Å². The van der Waals surface area contributed by atoms with Crippen molar-refractivity contribution in [3.8, 4) is 0 Å². The number of piperidine rings is 1. The summed E-state index contributed by atoms with van der Waals surface area (Å²) in [5.74, 6) is 2.42. The Bertz CT molecular complexity index is 549. The normalized spacial score (nSPS) is 19.8. The molecule has 0 bridgehead atoms. The van der Waals surface area contributed by atoms with E-state index in [2.05, 4.69) is 50.4 Å². The molecule has 1 aromatic heterocycles. The lowest BCUT2D eigenvalue weighted by atomic mass is 9.97. The Morgan fingerprint density at radius 2 is 2.14 bits per heavy atom. The molecule has 112 valence electrons. The zero-order valence-corrected chi connectivity index (χ0v) is 12.8. The summed E-state index contributed by atoms with van der Waals surface area (Å²) in [5.41, 5.74) is 1.44. The molecular weight excluding hydrogens is 260 g/mol. The summed E-state index contributed by atoms with van der Waals surface area (Å²) in [5, 5.41) is 7.30. The van der Waals surface area contributed by atoms with Crippen LogP contribution in [0.4, 0.5) is 0 Å². The summed E-state index contributed by atoms with van der Waals surface area (Å²) in [4.78, 5) is 7.08. The number of hydrogen-bond donors (Lipinski definition) is 1. The quantitative estimate of drug-likeness (QED) is 0.918. The van der Waals surface area contributed by atoms with E-state index in [0.717, 1.165) is 18.2 Å². The van der Waals surface area contributed by atoms with Crippen molar-refractivity contribution < 1.29 is 0 Å². The highest BCUT2D eigenvalue weighted by Gasteiger charge is 2.23. The standard InChI is InChI=1S/C17H24N4/c1-14-18-17(20-19-14)16-10-6-12-21(13-16)11-5-9-15-7-3-2-4-8-15/h2-4,7-8,16H,5-6,9-13H2,1H3,(H,18,19,20)/t16-/m0/s1. The Hall–Kier alpha value is -1.68. The minimum absolute atomic E-state index is 0.500. The lowest BCUT2D eigenvalue weighted by Crippen LogP contribution is -2.35. The first kappa shape index (κ1) is 14.3. The second-order valence-electron chi connectivity index (χ2n) is 6.01. The number of rotatable bonds is 5. The van der Waals surface area contributed by atoms with E-state index in [1.165, 1.54) is 44.3 Å². The predicted octanol–water partition coefficient (Wildman–Crippen LogP) is 2.93. The SMILES string of the molecule is Cc1nc([C@H]2CCCN(CCCc3ccccc3)C2)n[nH]1. The molecule has 0 radical (unpaired) electrons. The van der Waals surface area contributed by atoms with Gasteiger partial charge in [-0.3, -0.25) is 5.10 Å². The van der Waals surface area contributed by atoms with Crippen LogP contribution in [0.3, 0.4) is 0 Å². The van der Waals surface area contributed by atoms with E-state index in [4.69, 9.17) is 0 Å². The monoisotopic (exact) mass is 284 g/mol. The third-order valence-corrected chi connectivity index (χ3v) is 4.27. The molecule has 1 aliphatic heterocycles. The zero-order chi connectivity index (χ0) is 14.5. The minimum Gasteiger partial charge on any atom is -0.303 e. The number of likely N-dealkylation sites (tertiary alicyclic amines) is 1. The maximum Gasteiger partial charge on any atom is 0.155 e. The highest BCUT2D eigenvalue weighted by molar-refractivity contribution is 5.14. The Morgan fingerprint density at radius 1 is 1.29 bits per heavy atom. The first-order valence-electron chi connectivity index (χ1n) is 7.96. The molecule has 2 aromatic rings. The molecule has 1 aliphatic rings. The summed E-state index contributed by atoms with van der Waals surface area (Å²) >= 11 is 0. The van der Waals surface area contributed by atoms with Gasteiger partial charge in [0, 0.05) is 12.5 Å². The van der Waals surface area contributed by atoms with Gasteiger partial charge in [-0.15, -0.1) is 0 Å². The van der Waals surface area contributed by atoms with Crippen molar-refractivity contribution in [3.05, 3.63) is 47.5 Å². The molecule has 0 amide bonds. The van der Waals surface area contributed by atoms with Crippen LogP contribution in [0.5, 0.6) is 0 Å². The largest absolute Gasteiger partial charge is 0.303 e. The Kier molecular flexibility index (Phi) is 4.65. The molecule has 1 atom stereocenters. The van der Waals surface area contributed by atoms with Crippen LogP contribution in [0.2, 0.25) is 0 Å². The smallest absolute Gasteiger partial charge is 0.155 e. The number of aryl methyl sites for hydroxylation is 2. The van der Waals surface area contributed by atoms with E-state index in [1.54, 1.807) is 0 Å². The molecule has 1 saturated heterocycles. The van der Waals surface area contributed by atoms with Gasteiger partial charge in [-0.25, -0.2) is 4.98 Å². The average Bonchev–Trinajstić information content (AvgIpc) is 2.95. The van der Waals surface area contributed by atoms with E-state index in [0.29, 0.717) is 5.92 Å². The first-order chi connectivity index (χ1) is 10.3. The van der Waals surface area contributed by atoms with Gasteiger partial charge in [0.25, 0.3) is 0 Å². The molecule has 21 heavy (non-hydrogen) atoms. The number of aromatic nitrogens is 3. The first-order valence-corrected chi connectivity index (χ1v) is 7.96. The third-order valence-electron chi connectivity index (χ3n) is 4.27. The molecule has 0 unspecified atom stereocenters. The number of nitrogens with zero attached hydrogens (tertiary/aromatic N) is 3. The highest BCUT2D eigenvalue weighted by Crippen LogP contribution is 2.24. The van der Waals surface area contributed by atoms with Crippen LogP contribution in [-0.4, -0.2) is 39.7 Å². The predicted molar refractivity (Wildman–Crippen MR) is 84.3 cm³/mol. The average molecular weight is 284 g/mol. The summed E-state index contributed by atoms with van der Waals surface area (Å²) in [6.45, 7) is 5.46. The number of nitrogens with one attached hydrogen (secondary N) is 1. The summed E-state index contributed by atoms with van der Waals surface area (Å²) < 4.78 is 0. The molecule has 0 aliphatic carbocycles. The van der Waals surface area contributed by atoms with E-state index in [-0.39, 0.29) is 0 Å². The number of H-pyrrole nitrogens is 1. The van der Waals surface area contributed by atoms with Gasteiger partial charge < -0.3 is 4.90 Å². The van der Waals surface area contributed by atoms with Gasteiger partial charge in [0.05, 0.1) is 0 Å². The van der Waals surface area contributed by atoms with Gasteiger partial charge in [-0.2, -0.15) is 5.10 Å². The summed E-state index contributed by atoms with van der Waals surface area (Å²) in [6.07, 6.45) is 4.86. The molecule has 2 heterocycles. The third kappa shape index (κ3) is 3.91. The van der Waals surface area contributed by atoms with Crippen LogP contribution in [0.15, 0.2) is 30.3 Å². The lowest BCUT2D eigenvalue weighted by Gasteiger charge is -2.31. The summed E-state index contributed by atoms with van der Waals surface area (Å²) in [7, 11) is 0. The molecule has 1 aromatic carbocycles. The Labute approximate surface area is 126 Å². The van der Waals surface area contributed by atoms with E-state index in [9.17, 15) is 0 Å². The van der Waals surface area contributed by atoms with Gasteiger partial charge in [-0.05, 0) is 51.3 Å². The molecule has 0 saturated carbocycles. The molecule has 3 rings (SSSR count). The molecule has 4 nitrogen and oxygen atoms in total. The Balaban J connectivity index is 1.48. The number of aromatic amines is 1. The highest BCUT2D eigenvalue weighted by atomic mass is 15.2. The molecule has 1 fully saturated rings. The topological polar surface area (TPSA) is 44.8 Å². The van der Waals surface area contributed by atoms with Crippen LogP contribution < -0.4 is 0 Å². The van der Waals surface area contributed by atoms with Crippen LogP contribution in [0, 0.1) is 6.92 Å². The molecular formula is C17H24N4. The molecule has 4 heteroatoms. The maximum absolute atomic E-state index is 4.50. The van der Waals surface area contributed by atoms with Crippen molar-refractivity contribution in [1.82, 2.24) is 20.1 Å². The number of benzene rings is 1.